The number of hydrogen-bond acceptors (Lipinski definition) is 2. The van der Waals surface area contributed by atoms with E-state index in [1.807, 2.05) is 4.90 Å². The monoisotopic (exact) mass is 296 g/mol. The van der Waals surface area contributed by atoms with Crippen LogP contribution in [0.3, 0.4) is 0 Å². The molecule has 0 saturated carbocycles. The second-order valence-electron chi connectivity index (χ2n) is 5.36. The highest BCUT2D eigenvalue weighted by molar-refractivity contribution is 5.85. The van der Waals surface area contributed by atoms with Gasteiger partial charge in [0.25, 0.3) is 0 Å². The van der Waals surface area contributed by atoms with E-state index in [2.05, 4.69) is 43.4 Å². The van der Waals surface area contributed by atoms with Crippen molar-refractivity contribution in [3.05, 3.63) is 35.4 Å². The molecular formula is C16H25ClN2O. The summed E-state index contributed by atoms with van der Waals surface area (Å²) in [7, 11) is 0. The van der Waals surface area contributed by atoms with Gasteiger partial charge in [0.2, 0.25) is 5.91 Å². The van der Waals surface area contributed by atoms with Crippen LogP contribution in [0, 0.1) is 0 Å². The Morgan fingerprint density at radius 2 is 1.95 bits per heavy atom. The Labute approximate surface area is 128 Å². The lowest BCUT2D eigenvalue weighted by molar-refractivity contribution is -0.132. The lowest BCUT2D eigenvalue weighted by Gasteiger charge is -2.32. The SMILES string of the molecule is CCc1ccc(CCC(=O)N2CCNC(C)C2)cc1.Cl. The number of nitrogens with zero attached hydrogens (tertiary/aromatic N) is 1. The molecule has 1 aliphatic rings. The molecule has 1 heterocycles. The fourth-order valence-electron chi connectivity index (χ4n) is 2.51. The van der Waals surface area contributed by atoms with Gasteiger partial charge < -0.3 is 10.2 Å². The summed E-state index contributed by atoms with van der Waals surface area (Å²) in [5.41, 5.74) is 2.61. The minimum absolute atomic E-state index is 0. The molecule has 0 aliphatic carbocycles. The first-order valence-corrected chi connectivity index (χ1v) is 7.28. The minimum atomic E-state index is 0. The van der Waals surface area contributed by atoms with E-state index in [0.29, 0.717) is 12.5 Å². The maximum absolute atomic E-state index is 12.1. The van der Waals surface area contributed by atoms with Gasteiger partial charge in [0.15, 0.2) is 0 Å². The van der Waals surface area contributed by atoms with Gasteiger partial charge >= 0.3 is 0 Å². The van der Waals surface area contributed by atoms with Gasteiger partial charge in [-0.05, 0) is 30.9 Å². The van der Waals surface area contributed by atoms with E-state index < -0.39 is 0 Å². The molecule has 1 N–H and O–H groups in total. The zero-order chi connectivity index (χ0) is 13.7. The molecule has 1 saturated heterocycles. The van der Waals surface area contributed by atoms with E-state index in [1.54, 1.807) is 0 Å². The largest absolute Gasteiger partial charge is 0.340 e. The molecular weight excluding hydrogens is 272 g/mol. The number of amides is 1. The second-order valence-corrected chi connectivity index (χ2v) is 5.36. The van der Waals surface area contributed by atoms with Crippen molar-refractivity contribution < 1.29 is 4.79 Å². The average molecular weight is 297 g/mol. The van der Waals surface area contributed by atoms with Crippen LogP contribution in [-0.2, 0) is 17.6 Å². The number of benzene rings is 1. The molecule has 1 aliphatic heterocycles. The Hall–Kier alpha value is -1.06. The molecule has 0 spiro atoms. The summed E-state index contributed by atoms with van der Waals surface area (Å²) in [6, 6.07) is 9.03. The third-order valence-electron chi connectivity index (χ3n) is 3.78. The average Bonchev–Trinajstić information content (AvgIpc) is 2.45. The number of nitrogens with one attached hydrogen (secondary N) is 1. The van der Waals surface area contributed by atoms with Crippen LogP contribution in [-0.4, -0.2) is 36.5 Å². The van der Waals surface area contributed by atoms with Crippen molar-refractivity contribution in [3.8, 4) is 0 Å². The topological polar surface area (TPSA) is 32.3 Å². The summed E-state index contributed by atoms with van der Waals surface area (Å²) in [6.45, 7) is 6.89. The van der Waals surface area contributed by atoms with Gasteiger partial charge in [-0.3, -0.25) is 4.79 Å². The quantitative estimate of drug-likeness (QED) is 0.925. The summed E-state index contributed by atoms with van der Waals surface area (Å²) in [6.07, 6.45) is 2.54. The molecule has 1 atom stereocenters. The van der Waals surface area contributed by atoms with Crippen molar-refractivity contribution in [1.29, 1.82) is 0 Å². The Morgan fingerprint density at radius 1 is 1.30 bits per heavy atom. The Balaban J connectivity index is 0.00000200. The van der Waals surface area contributed by atoms with Crippen molar-refractivity contribution in [3.63, 3.8) is 0 Å². The fraction of sp³-hybridized carbons (Fsp3) is 0.562. The van der Waals surface area contributed by atoms with Gasteiger partial charge in [0, 0.05) is 32.1 Å². The molecule has 4 heteroatoms. The molecule has 0 aromatic heterocycles. The second kappa shape index (κ2) is 8.28. The van der Waals surface area contributed by atoms with Crippen LogP contribution in [0.5, 0.6) is 0 Å². The maximum Gasteiger partial charge on any atom is 0.222 e. The highest BCUT2D eigenvalue weighted by Gasteiger charge is 2.19. The maximum atomic E-state index is 12.1. The molecule has 1 aromatic carbocycles. The zero-order valence-electron chi connectivity index (χ0n) is 12.4. The molecule has 2 rings (SSSR count). The van der Waals surface area contributed by atoms with Crippen LogP contribution in [0.25, 0.3) is 0 Å². The number of carbonyl (C=O) groups is 1. The van der Waals surface area contributed by atoms with E-state index >= 15 is 0 Å². The van der Waals surface area contributed by atoms with Crippen LogP contribution < -0.4 is 5.32 Å². The third kappa shape index (κ3) is 4.80. The molecule has 1 unspecified atom stereocenters. The smallest absolute Gasteiger partial charge is 0.222 e. The minimum Gasteiger partial charge on any atom is -0.340 e. The standard InChI is InChI=1S/C16H24N2O.ClH/c1-3-14-4-6-15(7-5-14)8-9-16(19)18-11-10-17-13(2)12-18;/h4-7,13,17H,3,8-12H2,1-2H3;1H. The van der Waals surface area contributed by atoms with E-state index in [4.69, 9.17) is 0 Å². The summed E-state index contributed by atoms with van der Waals surface area (Å²) >= 11 is 0. The number of rotatable bonds is 4. The first kappa shape index (κ1) is 17.0. The Bertz CT molecular complexity index is 419. The zero-order valence-corrected chi connectivity index (χ0v) is 13.2. The number of carbonyl (C=O) groups excluding carboxylic acids is 1. The molecule has 3 nitrogen and oxygen atoms in total. The van der Waals surface area contributed by atoms with Crippen molar-refractivity contribution in [1.82, 2.24) is 10.2 Å². The van der Waals surface area contributed by atoms with Crippen molar-refractivity contribution in [2.24, 2.45) is 0 Å². The van der Waals surface area contributed by atoms with E-state index in [1.165, 1.54) is 11.1 Å². The summed E-state index contributed by atoms with van der Waals surface area (Å²) < 4.78 is 0. The van der Waals surface area contributed by atoms with Crippen LogP contribution >= 0.6 is 12.4 Å². The number of hydrogen-bond donors (Lipinski definition) is 1. The Morgan fingerprint density at radius 3 is 2.55 bits per heavy atom. The molecule has 0 bridgehead atoms. The summed E-state index contributed by atoms with van der Waals surface area (Å²) in [4.78, 5) is 14.1. The van der Waals surface area contributed by atoms with Crippen LogP contribution in [0.2, 0.25) is 0 Å². The predicted octanol–water partition coefficient (Wildman–Crippen LogP) is 2.42. The summed E-state index contributed by atoms with van der Waals surface area (Å²) in [5, 5.41) is 3.36. The predicted molar refractivity (Wildman–Crippen MR) is 85.4 cm³/mol. The van der Waals surface area contributed by atoms with Gasteiger partial charge in [-0.2, -0.15) is 0 Å². The number of aryl methyl sites for hydroxylation is 2. The third-order valence-corrected chi connectivity index (χ3v) is 3.78. The van der Waals surface area contributed by atoms with Gasteiger partial charge in [-0.15, -0.1) is 12.4 Å². The van der Waals surface area contributed by atoms with Crippen molar-refractivity contribution >= 4 is 18.3 Å². The molecule has 112 valence electrons. The highest BCUT2D eigenvalue weighted by atomic mass is 35.5. The lowest BCUT2D eigenvalue weighted by Crippen LogP contribution is -2.51. The van der Waals surface area contributed by atoms with Gasteiger partial charge in [-0.25, -0.2) is 0 Å². The molecule has 1 aromatic rings. The van der Waals surface area contributed by atoms with Crippen molar-refractivity contribution in [2.45, 2.75) is 39.2 Å². The van der Waals surface area contributed by atoms with E-state index in [0.717, 1.165) is 32.5 Å². The number of halogens is 1. The first-order valence-electron chi connectivity index (χ1n) is 7.28. The van der Waals surface area contributed by atoms with Gasteiger partial charge in [-0.1, -0.05) is 31.2 Å². The molecule has 1 amide bonds. The van der Waals surface area contributed by atoms with Crippen LogP contribution in [0.4, 0.5) is 0 Å². The normalized spacial score (nSPS) is 18.5. The van der Waals surface area contributed by atoms with Gasteiger partial charge in [0.1, 0.15) is 0 Å². The van der Waals surface area contributed by atoms with Crippen LogP contribution in [0.15, 0.2) is 24.3 Å². The number of piperazine rings is 1. The van der Waals surface area contributed by atoms with Crippen molar-refractivity contribution in [2.75, 3.05) is 19.6 Å². The lowest BCUT2D eigenvalue weighted by atomic mass is 10.1. The highest BCUT2D eigenvalue weighted by Crippen LogP contribution is 2.09. The summed E-state index contributed by atoms with van der Waals surface area (Å²) in [5.74, 6) is 0.285. The molecule has 20 heavy (non-hydrogen) atoms. The molecule has 0 radical (unpaired) electrons. The first-order chi connectivity index (χ1) is 9.19. The fourth-order valence-corrected chi connectivity index (χ4v) is 2.51. The molecule has 1 fully saturated rings. The van der Waals surface area contributed by atoms with E-state index in [-0.39, 0.29) is 18.3 Å². The van der Waals surface area contributed by atoms with E-state index in [9.17, 15) is 4.79 Å². The van der Waals surface area contributed by atoms with Crippen LogP contribution in [0.1, 0.15) is 31.4 Å². The Kier molecular flexibility index (Phi) is 7.03. The van der Waals surface area contributed by atoms with Gasteiger partial charge in [0.05, 0.1) is 0 Å².